The van der Waals surface area contributed by atoms with Crippen LogP contribution in [0.3, 0.4) is 0 Å². The van der Waals surface area contributed by atoms with Crippen LogP contribution >= 0.6 is 0 Å². The van der Waals surface area contributed by atoms with E-state index < -0.39 is 10.8 Å². The Bertz CT molecular complexity index is 3540. The summed E-state index contributed by atoms with van der Waals surface area (Å²) in [5.41, 5.74) is 9.61. The number of hydrogen-bond acceptors (Lipinski definition) is 2. The van der Waals surface area contributed by atoms with E-state index in [1.807, 2.05) is 111 Å². The van der Waals surface area contributed by atoms with E-state index in [9.17, 15) is 4.11 Å². The predicted molar refractivity (Wildman–Crippen MR) is 267 cm³/mol. The van der Waals surface area contributed by atoms with Gasteiger partial charge in [0.15, 0.2) is 0 Å². The number of aromatic nitrogens is 4. The van der Waals surface area contributed by atoms with Gasteiger partial charge < -0.3 is 13.9 Å². The molecule has 7 aromatic carbocycles. The van der Waals surface area contributed by atoms with Crippen molar-refractivity contribution < 1.29 is 34.5 Å². The molecule has 0 saturated heterocycles. The second-order valence-electron chi connectivity index (χ2n) is 20.0. The summed E-state index contributed by atoms with van der Waals surface area (Å²) < 4.78 is 41.8. The molecule has 332 valence electrons. The van der Waals surface area contributed by atoms with Crippen molar-refractivity contribution in [3.8, 4) is 50.9 Å². The third-order valence-electron chi connectivity index (χ3n) is 12.0. The molecular weight excluding hydrogens is 988 g/mol. The van der Waals surface area contributed by atoms with Crippen LogP contribution in [0.1, 0.15) is 83.1 Å². The van der Waals surface area contributed by atoms with E-state index >= 15 is 0 Å². The van der Waals surface area contributed by atoms with Gasteiger partial charge in [0.25, 0.3) is 6.33 Å². The number of fused-ring (bicyclic) bond motifs is 4. The fourth-order valence-electron chi connectivity index (χ4n) is 8.38. The van der Waals surface area contributed by atoms with Gasteiger partial charge in [0.1, 0.15) is 5.82 Å². The standard InChI is InChI=1S/C60H54N4O.Pt/c1-58(2,3)44-28-29-61-57(36-44)64-53-23-17-16-22-51(53)52-26-25-49(38-55(52)64)65-50-31-43(41-20-14-11-15-21-41)30-47(37-50)63-39-62(48-34-45(59(4,5)6)33-46(35-48)60(7,8)9)54-27-24-42(32-56(54)63)40-18-12-10-13-19-40;/h10-36H,1-9H3;/q-2;/i33D,34D,35D;. The van der Waals surface area contributed by atoms with E-state index in [-0.39, 0.29) is 44.6 Å². The zero-order chi connectivity index (χ0) is 47.9. The molecule has 0 spiro atoms. The quantitative estimate of drug-likeness (QED) is 0.118. The molecule has 0 amide bonds. The fourth-order valence-corrected chi connectivity index (χ4v) is 8.38. The first-order chi connectivity index (χ1) is 32.4. The van der Waals surface area contributed by atoms with Crippen molar-refractivity contribution >= 4 is 32.8 Å². The Hall–Kier alpha value is -6.55. The van der Waals surface area contributed by atoms with E-state index in [0.29, 0.717) is 34.0 Å². The second-order valence-corrected chi connectivity index (χ2v) is 20.0. The van der Waals surface area contributed by atoms with E-state index in [1.165, 1.54) is 5.56 Å². The number of pyridine rings is 1. The van der Waals surface area contributed by atoms with Gasteiger partial charge in [-0.3, -0.25) is 4.57 Å². The number of imidazole rings is 1. The average molecular weight is 1050 g/mol. The van der Waals surface area contributed by atoms with Crippen LogP contribution < -0.4 is 9.30 Å². The Labute approximate surface area is 407 Å². The molecule has 0 aliphatic carbocycles. The molecule has 0 atom stereocenters. The number of nitrogens with zero attached hydrogens (tertiary/aromatic N) is 4. The minimum atomic E-state index is -0.540. The van der Waals surface area contributed by atoms with Crippen molar-refractivity contribution in [2.75, 3.05) is 0 Å². The Kier molecular flexibility index (Phi) is 10.6. The fraction of sp³-hybridized carbons (Fsp3) is 0.200. The third kappa shape index (κ3) is 8.54. The summed E-state index contributed by atoms with van der Waals surface area (Å²) in [5.74, 6) is 1.80. The van der Waals surface area contributed by atoms with Crippen LogP contribution in [0.5, 0.6) is 11.5 Å². The van der Waals surface area contributed by atoms with Crippen molar-refractivity contribution in [1.29, 1.82) is 0 Å². The molecule has 10 aromatic rings. The van der Waals surface area contributed by atoms with Gasteiger partial charge in [-0.25, -0.2) is 4.98 Å². The molecule has 5 nitrogen and oxygen atoms in total. The van der Waals surface area contributed by atoms with Crippen LogP contribution in [0.2, 0.25) is 0 Å². The first-order valence-electron chi connectivity index (χ1n) is 23.8. The first kappa shape index (κ1) is 40.9. The third-order valence-corrected chi connectivity index (χ3v) is 12.0. The van der Waals surface area contributed by atoms with Gasteiger partial charge >= 0.3 is 0 Å². The van der Waals surface area contributed by atoms with Crippen LogP contribution in [-0.2, 0) is 37.3 Å². The Morgan fingerprint density at radius 2 is 1.18 bits per heavy atom. The molecule has 0 saturated carbocycles. The first-order valence-corrected chi connectivity index (χ1v) is 22.3. The van der Waals surface area contributed by atoms with Gasteiger partial charge in [-0.05, 0) is 97.0 Å². The summed E-state index contributed by atoms with van der Waals surface area (Å²) in [5, 5.41) is 2.13. The molecule has 0 fully saturated rings. The minimum Gasteiger partial charge on any atom is -0.510 e. The van der Waals surface area contributed by atoms with E-state index in [0.717, 1.165) is 60.9 Å². The minimum absolute atomic E-state index is 0. The van der Waals surface area contributed by atoms with E-state index in [4.69, 9.17) is 9.72 Å². The molecule has 0 N–H and O–H groups in total. The maximum absolute atomic E-state index is 9.77. The van der Waals surface area contributed by atoms with Crippen molar-refractivity contribution in [2.45, 2.75) is 78.6 Å². The SMILES string of the molecule is [2H]c1c(-[n+]2[c-]n(-c3[c-]c(Oc4[c-]c5c(cc4)c4ccccc4n5-c4cc(C(C)(C)C)ccn4)cc(-c4ccccc4)c3)c3cc(-c4ccccc4)ccc32)c([2H])c(C(C)(C)C)c([2H])c1C(C)(C)C.[Pt]. The molecular formula is C60H54N4OPt-2. The number of ether oxygens (including phenoxy) is 1. The molecule has 66 heavy (non-hydrogen) atoms. The summed E-state index contributed by atoms with van der Waals surface area (Å²) in [7, 11) is 0. The number of rotatable bonds is 7. The van der Waals surface area contributed by atoms with Gasteiger partial charge in [0.05, 0.1) is 20.8 Å². The summed E-state index contributed by atoms with van der Waals surface area (Å²) in [6, 6.07) is 55.2. The van der Waals surface area contributed by atoms with Gasteiger partial charge in [-0.1, -0.05) is 165 Å². The van der Waals surface area contributed by atoms with Crippen LogP contribution in [0.4, 0.5) is 0 Å². The van der Waals surface area contributed by atoms with Crippen molar-refractivity contribution in [2.24, 2.45) is 0 Å². The van der Waals surface area contributed by atoms with Gasteiger partial charge in [0, 0.05) is 44.3 Å². The largest absolute Gasteiger partial charge is 0.510 e. The van der Waals surface area contributed by atoms with Gasteiger partial charge in [-0.15, -0.1) is 35.2 Å². The van der Waals surface area contributed by atoms with Crippen molar-refractivity contribution in [1.82, 2.24) is 14.1 Å². The predicted octanol–water partition coefficient (Wildman–Crippen LogP) is 14.8. The molecule has 3 heterocycles. The summed E-state index contributed by atoms with van der Waals surface area (Å²) in [6.45, 7) is 18.8. The number of benzene rings is 7. The summed E-state index contributed by atoms with van der Waals surface area (Å²) >= 11 is 0. The summed E-state index contributed by atoms with van der Waals surface area (Å²) in [6.07, 6.45) is 5.52. The molecule has 0 radical (unpaired) electrons. The Morgan fingerprint density at radius 1 is 0.545 bits per heavy atom. The van der Waals surface area contributed by atoms with Crippen molar-refractivity contribution in [3.05, 3.63) is 199 Å². The summed E-state index contributed by atoms with van der Waals surface area (Å²) in [4.78, 5) is 4.88. The smallest absolute Gasteiger partial charge is 0.268 e. The average Bonchev–Trinajstić information content (AvgIpc) is 3.83. The molecule has 0 bridgehead atoms. The Morgan fingerprint density at radius 3 is 1.85 bits per heavy atom. The molecule has 3 aromatic heterocycles. The molecule has 0 aliphatic heterocycles. The maximum atomic E-state index is 9.77. The topological polar surface area (TPSA) is 35.9 Å². The van der Waals surface area contributed by atoms with E-state index in [2.05, 4.69) is 129 Å². The van der Waals surface area contributed by atoms with Crippen molar-refractivity contribution in [3.63, 3.8) is 0 Å². The van der Waals surface area contributed by atoms with Crippen LogP contribution in [0.15, 0.2) is 164 Å². The number of para-hydroxylation sites is 1. The van der Waals surface area contributed by atoms with Gasteiger partial charge in [-0.2, -0.15) is 12.1 Å². The molecule has 0 unspecified atom stereocenters. The second kappa shape index (κ2) is 17.0. The van der Waals surface area contributed by atoms with Crippen LogP contribution in [-0.4, -0.2) is 14.1 Å². The normalized spacial score (nSPS) is 12.8. The van der Waals surface area contributed by atoms with E-state index in [1.54, 1.807) is 0 Å². The number of hydrogen-bond donors (Lipinski definition) is 0. The Balaban J connectivity index is 0.00000593. The maximum Gasteiger partial charge on any atom is 0.268 e. The van der Waals surface area contributed by atoms with Gasteiger partial charge in [0.2, 0.25) is 0 Å². The zero-order valence-electron chi connectivity index (χ0n) is 41.9. The molecule has 10 rings (SSSR count). The van der Waals surface area contributed by atoms with Crippen LogP contribution in [0.25, 0.3) is 72.3 Å². The monoisotopic (exact) mass is 1040 g/mol. The zero-order valence-corrected chi connectivity index (χ0v) is 41.1. The molecule has 6 heteroatoms. The molecule has 0 aliphatic rings. The van der Waals surface area contributed by atoms with Crippen LogP contribution in [0, 0.1) is 18.5 Å².